The molecule has 0 radical (unpaired) electrons. The largest absolute Gasteiger partial charge is 0.374 e. The second-order valence-corrected chi connectivity index (χ2v) is 4.25. The van der Waals surface area contributed by atoms with Gasteiger partial charge < -0.3 is 9.53 Å². The summed E-state index contributed by atoms with van der Waals surface area (Å²) in [6.45, 7) is 2.71. The number of aldehydes is 1. The molecule has 1 aliphatic heterocycles. The van der Waals surface area contributed by atoms with Gasteiger partial charge in [-0.1, -0.05) is 0 Å². The first-order valence-corrected chi connectivity index (χ1v) is 5.64. The second kappa shape index (κ2) is 4.87. The maximum Gasteiger partial charge on any atom is 0.122 e. The van der Waals surface area contributed by atoms with Gasteiger partial charge in [-0.3, -0.25) is 0 Å². The summed E-state index contributed by atoms with van der Waals surface area (Å²) in [5, 5.41) is 0. The lowest BCUT2D eigenvalue weighted by Crippen LogP contribution is -2.38. The Kier molecular flexibility index (Phi) is 4.09. The fourth-order valence-corrected chi connectivity index (χ4v) is 2.83. The zero-order valence-electron chi connectivity index (χ0n) is 7.54. The molecule has 0 bridgehead atoms. The maximum absolute atomic E-state index is 10.5. The van der Waals surface area contributed by atoms with Crippen LogP contribution >= 0.6 is 11.8 Å². The zero-order chi connectivity index (χ0) is 8.86. The van der Waals surface area contributed by atoms with E-state index in [1.54, 1.807) is 0 Å². The van der Waals surface area contributed by atoms with Crippen LogP contribution in [0.15, 0.2) is 0 Å². The molecule has 0 aliphatic carbocycles. The van der Waals surface area contributed by atoms with Crippen molar-refractivity contribution in [2.75, 3.05) is 18.1 Å². The lowest BCUT2D eigenvalue weighted by atomic mass is 9.96. The monoisotopic (exact) mass is 188 g/mol. The van der Waals surface area contributed by atoms with Crippen LogP contribution < -0.4 is 0 Å². The molecular formula is C9H16O2S. The van der Waals surface area contributed by atoms with E-state index in [-0.39, 0.29) is 5.60 Å². The third kappa shape index (κ3) is 2.49. The SMILES string of the molecule is CCOC1(CC=O)CCCSC1. The Balaban J connectivity index is 2.49. The van der Waals surface area contributed by atoms with Crippen LogP contribution in [0.4, 0.5) is 0 Å². The van der Waals surface area contributed by atoms with E-state index >= 15 is 0 Å². The minimum atomic E-state index is -0.126. The summed E-state index contributed by atoms with van der Waals surface area (Å²) in [6, 6.07) is 0. The molecule has 1 aliphatic rings. The van der Waals surface area contributed by atoms with Crippen LogP contribution in [0.2, 0.25) is 0 Å². The van der Waals surface area contributed by atoms with Crippen molar-refractivity contribution >= 4 is 18.0 Å². The zero-order valence-corrected chi connectivity index (χ0v) is 8.36. The van der Waals surface area contributed by atoms with Gasteiger partial charge in [-0.15, -0.1) is 0 Å². The highest BCUT2D eigenvalue weighted by atomic mass is 32.2. The summed E-state index contributed by atoms with van der Waals surface area (Å²) in [4.78, 5) is 10.5. The first-order valence-electron chi connectivity index (χ1n) is 4.48. The first kappa shape index (κ1) is 10.1. The molecule has 1 fully saturated rings. The number of rotatable bonds is 4. The third-order valence-corrected chi connectivity index (χ3v) is 3.50. The summed E-state index contributed by atoms with van der Waals surface area (Å²) in [5.41, 5.74) is -0.126. The van der Waals surface area contributed by atoms with Gasteiger partial charge in [0.15, 0.2) is 0 Å². The van der Waals surface area contributed by atoms with Crippen LogP contribution in [0.5, 0.6) is 0 Å². The van der Waals surface area contributed by atoms with Crippen LogP contribution in [0.1, 0.15) is 26.2 Å². The van der Waals surface area contributed by atoms with Crippen molar-refractivity contribution in [1.29, 1.82) is 0 Å². The molecule has 1 atom stereocenters. The number of ether oxygens (including phenoxy) is 1. The lowest BCUT2D eigenvalue weighted by molar-refractivity contribution is -0.114. The minimum absolute atomic E-state index is 0.126. The van der Waals surface area contributed by atoms with Gasteiger partial charge >= 0.3 is 0 Å². The van der Waals surface area contributed by atoms with E-state index in [0.29, 0.717) is 13.0 Å². The summed E-state index contributed by atoms with van der Waals surface area (Å²) < 4.78 is 5.66. The highest BCUT2D eigenvalue weighted by molar-refractivity contribution is 7.99. The molecule has 2 nitrogen and oxygen atoms in total. The molecule has 0 aromatic carbocycles. The number of hydrogen-bond donors (Lipinski definition) is 0. The average Bonchev–Trinajstić information content (AvgIpc) is 2.07. The molecule has 1 rings (SSSR count). The van der Waals surface area contributed by atoms with E-state index in [9.17, 15) is 4.79 Å². The van der Waals surface area contributed by atoms with E-state index in [0.717, 1.165) is 18.5 Å². The summed E-state index contributed by atoms with van der Waals surface area (Å²) in [6.07, 6.45) is 3.78. The van der Waals surface area contributed by atoms with E-state index < -0.39 is 0 Å². The molecule has 3 heteroatoms. The van der Waals surface area contributed by atoms with Crippen LogP contribution in [-0.2, 0) is 9.53 Å². The van der Waals surface area contributed by atoms with Gasteiger partial charge in [-0.05, 0) is 25.5 Å². The quantitative estimate of drug-likeness (QED) is 0.630. The van der Waals surface area contributed by atoms with Gasteiger partial charge in [0.05, 0.1) is 5.60 Å². The Bertz CT molecular complexity index is 136. The third-order valence-electron chi connectivity index (χ3n) is 2.19. The van der Waals surface area contributed by atoms with E-state index in [2.05, 4.69) is 0 Å². The normalized spacial score (nSPS) is 30.1. The predicted octanol–water partition coefficient (Wildman–Crippen LogP) is 1.88. The molecule has 0 amide bonds. The van der Waals surface area contributed by atoms with Gasteiger partial charge in [0.2, 0.25) is 0 Å². The van der Waals surface area contributed by atoms with Crippen molar-refractivity contribution in [2.24, 2.45) is 0 Å². The summed E-state index contributed by atoms with van der Waals surface area (Å²) >= 11 is 1.90. The second-order valence-electron chi connectivity index (χ2n) is 3.14. The van der Waals surface area contributed by atoms with Crippen LogP contribution in [0.3, 0.4) is 0 Å². The molecule has 0 aromatic heterocycles. The molecule has 70 valence electrons. The molecule has 0 aromatic rings. The molecule has 1 saturated heterocycles. The van der Waals surface area contributed by atoms with Crippen molar-refractivity contribution < 1.29 is 9.53 Å². The molecule has 1 unspecified atom stereocenters. The highest BCUT2D eigenvalue weighted by Crippen LogP contribution is 2.32. The smallest absolute Gasteiger partial charge is 0.122 e. The molecular weight excluding hydrogens is 172 g/mol. The van der Waals surface area contributed by atoms with Crippen molar-refractivity contribution in [2.45, 2.75) is 31.8 Å². The van der Waals surface area contributed by atoms with Crippen molar-refractivity contribution in [3.63, 3.8) is 0 Å². The topological polar surface area (TPSA) is 26.3 Å². The van der Waals surface area contributed by atoms with Crippen LogP contribution in [-0.4, -0.2) is 30.0 Å². The standard InChI is InChI=1S/C9H16O2S/c1-2-11-9(5-6-10)4-3-7-12-8-9/h6H,2-5,7-8H2,1H3. The van der Waals surface area contributed by atoms with Crippen molar-refractivity contribution in [1.82, 2.24) is 0 Å². The molecule has 1 heterocycles. The van der Waals surface area contributed by atoms with Crippen LogP contribution in [0.25, 0.3) is 0 Å². The number of carbonyl (C=O) groups excluding carboxylic acids is 1. The fourth-order valence-electron chi connectivity index (χ4n) is 1.62. The van der Waals surface area contributed by atoms with Crippen LogP contribution in [0, 0.1) is 0 Å². The molecule has 0 N–H and O–H groups in total. The van der Waals surface area contributed by atoms with Crippen molar-refractivity contribution in [3.05, 3.63) is 0 Å². The Labute approximate surface area is 78.1 Å². The number of hydrogen-bond acceptors (Lipinski definition) is 3. The van der Waals surface area contributed by atoms with Gasteiger partial charge in [0.25, 0.3) is 0 Å². The van der Waals surface area contributed by atoms with Crippen molar-refractivity contribution in [3.8, 4) is 0 Å². The lowest BCUT2D eigenvalue weighted by Gasteiger charge is -2.35. The Morgan fingerprint density at radius 1 is 1.67 bits per heavy atom. The number of carbonyl (C=O) groups is 1. The number of thioether (sulfide) groups is 1. The maximum atomic E-state index is 10.5. The molecule has 0 saturated carbocycles. The van der Waals surface area contributed by atoms with Gasteiger partial charge in [-0.2, -0.15) is 11.8 Å². The first-order chi connectivity index (χ1) is 5.83. The van der Waals surface area contributed by atoms with E-state index in [1.165, 1.54) is 12.2 Å². The molecule has 12 heavy (non-hydrogen) atoms. The van der Waals surface area contributed by atoms with E-state index in [4.69, 9.17) is 4.74 Å². The average molecular weight is 188 g/mol. The summed E-state index contributed by atoms with van der Waals surface area (Å²) in [5.74, 6) is 2.20. The molecule has 0 spiro atoms. The Hall–Kier alpha value is -0.0200. The Morgan fingerprint density at radius 3 is 3.00 bits per heavy atom. The fraction of sp³-hybridized carbons (Fsp3) is 0.889. The van der Waals surface area contributed by atoms with Gasteiger partial charge in [0.1, 0.15) is 6.29 Å². The Morgan fingerprint density at radius 2 is 2.50 bits per heavy atom. The predicted molar refractivity (Wildman–Crippen MR) is 51.6 cm³/mol. The highest BCUT2D eigenvalue weighted by Gasteiger charge is 2.32. The van der Waals surface area contributed by atoms with Gasteiger partial charge in [-0.25, -0.2) is 0 Å². The minimum Gasteiger partial charge on any atom is -0.374 e. The summed E-state index contributed by atoms with van der Waals surface area (Å²) in [7, 11) is 0. The van der Waals surface area contributed by atoms with E-state index in [1.807, 2.05) is 18.7 Å². The van der Waals surface area contributed by atoms with Gasteiger partial charge in [0, 0.05) is 18.8 Å².